The van der Waals surface area contributed by atoms with Gasteiger partial charge in [-0.2, -0.15) is 5.26 Å². The lowest BCUT2D eigenvalue weighted by atomic mass is 10.00. The molecule has 0 bridgehead atoms. The standard InChI is InChI=1S/C17H25N3O/c1-14(2)20(3)11-7-10-19-17(21)16(13-18)12-15-8-5-4-6-9-15/h4-6,8-9,14,16H,7,10-12H2,1-3H3,(H,19,21). The maximum absolute atomic E-state index is 12.0. The van der Waals surface area contributed by atoms with Crippen molar-refractivity contribution in [2.24, 2.45) is 5.92 Å². The number of nitrogens with one attached hydrogen (secondary N) is 1. The molecule has 1 unspecified atom stereocenters. The molecule has 1 N–H and O–H groups in total. The number of carbonyl (C=O) groups excluding carboxylic acids is 1. The van der Waals surface area contributed by atoms with E-state index in [4.69, 9.17) is 5.26 Å². The molecule has 1 rings (SSSR count). The van der Waals surface area contributed by atoms with Crippen LogP contribution in [0.1, 0.15) is 25.8 Å². The second-order valence-electron chi connectivity index (χ2n) is 5.59. The van der Waals surface area contributed by atoms with Crippen LogP contribution in [0.3, 0.4) is 0 Å². The average Bonchev–Trinajstić information content (AvgIpc) is 2.49. The molecule has 0 aliphatic carbocycles. The highest BCUT2D eigenvalue weighted by atomic mass is 16.1. The Morgan fingerprint density at radius 1 is 1.33 bits per heavy atom. The molecule has 1 aromatic carbocycles. The minimum atomic E-state index is -0.616. The number of carbonyl (C=O) groups is 1. The van der Waals surface area contributed by atoms with Gasteiger partial charge in [-0.25, -0.2) is 0 Å². The molecule has 1 atom stereocenters. The largest absolute Gasteiger partial charge is 0.355 e. The highest BCUT2D eigenvalue weighted by molar-refractivity contribution is 5.81. The van der Waals surface area contributed by atoms with E-state index in [1.807, 2.05) is 30.3 Å². The van der Waals surface area contributed by atoms with Gasteiger partial charge >= 0.3 is 0 Å². The maximum atomic E-state index is 12.0. The first-order valence-corrected chi connectivity index (χ1v) is 7.46. The topological polar surface area (TPSA) is 56.1 Å². The zero-order valence-corrected chi connectivity index (χ0v) is 13.2. The van der Waals surface area contributed by atoms with Gasteiger partial charge in [-0.1, -0.05) is 30.3 Å². The molecule has 1 amide bonds. The fourth-order valence-corrected chi connectivity index (χ4v) is 1.97. The molecule has 0 spiro atoms. The van der Waals surface area contributed by atoms with E-state index >= 15 is 0 Å². The molecule has 114 valence electrons. The van der Waals surface area contributed by atoms with Crippen molar-refractivity contribution in [1.29, 1.82) is 5.26 Å². The predicted octanol–water partition coefficient (Wildman–Crippen LogP) is 2.22. The molecule has 21 heavy (non-hydrogen) atoms. The third-order valence-corrected chi connectivity index (χ3v) is 3.62. The summed E-state index contributed by atoms with van der Waals surface area (Å²) in [6.07, 6.45) is 1.36. The molecule has 0 saturated carbocycles. The Bertz CT molecular complexity index is 465. The predicted molar refractivity (Wildman–Crippen MR) is 84.6 cm³/mol. The Morgan fingerprint density at radius 3 is 2.57 bits per heavy atom. The molecule has 1 aromatic rings. The van der Waals surface area contributed by atoms with E-state index in [2.05, 4.69) is 37.2 Å². The molecule has 0 heterocycles. The first kappa shape index (κ1) is 17.2. The maximum Gasteiger partial charge on any atom is 0.237 e. The summed E-state index contributed by atoms with van der Waals surface area (Å²) in [5, 5.41) is 12.0. The van der Waals surface area contributed by atoms with Crippen LogP contribution in [-0.2, 0) is 11.2 Å². The van der Waals surface area contributed by atoms with Crippen LogP contribution in [0, 0.1) is 17.2 Å². The van der Waals surface area contributed by atoms with Gasteiger partial charge in [0.2, 0.25) is 5.91 Å². The van der Waals surface area contributed by atoms with E-state index in [1.165, 1.54) is 0 Å². The third kappa shape index (κ3) is 6.42. The number of hydrogen-bond acceptors (Lipinski definition) is 3. The van der Waals surface area contributed by atoms with Crippen molar-refractivity contribution in [3.8, 4) is 6.07 Å². The van der Waals surface area contributed by atoms with Crippen LogP contribution in [0.4, 0.5) is 0 Å². The number of hydrogen-bond donors (Lipinski definition) is 1. The molecule has 4 nitrogen and oxygen atoms in total. The van der Waals surface area contributed by atoms with Crippen LogP contribution < -0.4 is 5.32 Å². The SMILES string of the molecule is CC(C)N(C)CCCNC(=O)C(C#N)Cc1ccccc1. The molecule has 0 radical (unpaired) electrons. The van der Waals surface area contributed by atoms with Crippen LogP contribution in [0.25, 0.3) is 0 Å². The Kier molecular flexibility index (Phi) is 7.49. The summed E-state index contributed by atoms with van der Waals surface area (Å²) in [7, 11) is 2.07. The first-order valence-electron chi connectivity index (χ1n) is 7.46. The van der Waals surface area contributed by atoms with Gasteiger partial charge in [0.1, 0.15) is 5.92 Å². The fourth-order valence-electron chi connectivity index (χ4n) is 1.97. The van der Waals surface area contributed by atoms with Crippen molar-refractivity contribution in [2.75, 3.05) is 20.1 Å². The molecule has 0 aromatic heterocycles. The number of amides is 1. The van der Waals surface area contributed by atoms with Gasteiger partial charge in [-0.3, -0.25) is 4.79 Å². The second-order valence-corrected chi connectivity index (χ2v) is 5.59. The second kappa shape index (κ2) is 9.15. The van der Waals surface area contributed by atoms with Gasteiger partial charge in [0.05, 0.1) is 6.07 Å². The van der Waals surface area contributed by atoms with Crippen molar-refractivity contribution >= 4 is 5.91 Å². The Morgan fingerprint density at radius 2 is 2.00 bits per heavy atom. The highest BCUT2D eigenvalue weighted by Crippen LogP contribution is 2.08. The summed E-state index contributed by atoms with van der Waals surface area (Å²) < 4.78 is 0. The monoisotopic (exact) mass is 287 g/mol. The van der Waals surface area contributed by atoms with Crippen molar-refractivity contribution < 1.29 is 4.79 Å². The fraction of sp³-hybridized carbons (Fsp3) is 0.529. The van der Waals surface area contributed by atoms with Gasteiger partial charge in [0, 0.05) is 12.6 Å². The minimum absolute atomic E-state index is 0.173. The quantitative estimate of drug-likeness (QED) is 0.746. The summed E-state index contributed by atoms with van der Waals surface area (Å²) >= 11 is 0. The number of nitriles is 1. The number of benzene rings is 1. The Labute approximate surface area is 127 Å². The van der Waals surface area contributed by atoms with Gasteiger partial charge in [0.15, 0.2) is 0 Å². The third-order valence-electron chi connectivity index (χ3n) is 3.62. The Balaban J connectivity index is 2.34. The van der Waals surface area contributed by atoms with E-state index in [0.717, 1.165) is 18.5 Å². The van der Waals surface area contributed by atoms with E-state index in [0.29, 0.717) is 19.0 Å². The van der Waals surface area contributed by atoms with Gasteiger partial charge in [-0.05, 0) is 45.8 Å². The van der Waals surface area contributed by atoms with E-state index in [9.17, 15) is 4.79 Å². The molecular weight excluding hydrogens is 262 g/mol. The summed E-state index contributed by atoms with van der Waals surface area (Å²) in [6, 6.07) is 12.2. The van der Waals surface area contributed by atoms with Crippen molar-refractivity contribution in [3.63, 3.8) is 0 Å². The molecular formula is C17H25N3O. The van der Waals surface area contributed by atoms with Gasteiger partial charge in [-0.15, -0.1) is 0 Å². The van der Waals surface area contributed by atoms with Gasteiger partial charge in [0.25, 0.3) is 0 Å². The molecule has 4 heteroatoms. The average molecular weight is 287 g/mol. The molecule has 0 saturated heterocycles. The zero-order valence-electron chi connectivity index (χ0n) is 13.2. The number of rotatable bonds is 8. The van der Waals surface area contributed by atoms with Crippen molar-refractivity contribution in [1.82, 2.24) is 10.2 Å². The summed E-state index contributed by atoms with van der Waals surface area (Å²) in [6.45, 7) is 5.84. The zero-order chi connectivity index (χ0) is 15.7. The van der Waals surface area contributed by atoms with Gasteiger partial charge < -0.3 is 10.2 Å². The molecule has 0 aliphatic rings. The van der Waals surface area contributed by atoms with Crippen molar-refractivity contribution in [3.05, 3.63) is 35.9 Å². The lowest BCUT2D eigenvalue weighted by Gasteiger charge is -2.20. The summed E-state index contributed by atoms with van der Waals surface area (Å²) in [4.78, 5) is 14.2. The van der Waals surface area contributed by atoms with E-state index in [-0.39, 0.29) is 5.91 Å². The van der Waals surface area contributed by atoms with Crippen LogP contribution in [0.2, 0.25) is 0 Å². The molecule has 0 fully saturated rings. The smallest absolute Gasteiger partial charge is 0.237 e. The Hall–Kier alpha value is -1.86. The highest BCUT2D eigenvalue weighted by Gasteiger charge is 2.17. The normalized spacial score (nSPS) is 12.2. The molecule has 0 aliphatic heterocycles. The van der Waals surface area contributed by atoms with Crippen LogP contribution >= 0.6 is 0 Å². The van der Waals surface area contributed by atoms with Crippen LogP contribution in [-0.4, -0.2) is 37.0 Å². The summed E-state index contributed by atoms with van der Waals surface area (Å²) in [5.74, 6) is -0.788. The van der Waals surface area contributed by atoms with E-state index < -0.39 is 5.92 Å². The summed E-state index contributed by atoms with van der Waals surface area (Å²) in [5.41, 5.74) is 1.01. The minimum Gasteiger partial charge on any atom is -0.355 e. The number of nitrogens with zero attached hydrogens (tertiary/aromatic N) is 2. The first-order chi connectivity index (χ1) is 10.0. The lowest BCUT2D eigenvalue weighted by molar-refractivity contribution is -0.123. The lowest BCUT2D eigenvalue weighted by Crippen LogP contribution is -2.34. The van der Waals surface area contributed by atoms with Crippen molar-refractivity contribution in [2.45, 2.75) is 32.7 Å². The van der Waals surface area contributed by atoms with Crippen LogP contribution in [0.5, 0.6) is 0 Å². The van der Waals surface area contributed by atoms with E-state index in [1.54, 1.807) is 0 Å². The van der Waals surface area contributed by atoms with Crippen LogP contribution in [0.15, 0.2) is 30.3 Å².